The Labute approximate surface area is 130 Å². The van der Waals surface area contributed by atoms with E-state index in [-0.39, 0.29) is 6.03 Å². The van der Waals surface area contributed by atoms with Gasteiger partial charge in [-0.2, -0.15) is 0 Å². The van der Waals surface area contributed by atoms with Crippen LogP contribution in [0.5, 0.6) is 0 Å². The quantitative estimate of drug-likeness (QED) is 0.929. The van der Waals surface area contributed by atoms with Crippen LogP contribution in [0.4, 0.5) is 4.79 Å². The zero-order valence-electron chi connectivity index (χ0n) is 12.8. The molecule has 1 saturated heterocycles. The van der Waals surface area contributed by atoms with Gasteiger partial charge >= 0.3 is 6.03 Å². The van der Waals surface area contributed by atoms with Gasteiger partial charge in [0.2, 0.25) is 0 Å². The van der Waals surface area contributed by atoms with E-state index in [1.165, 1.54) is 19.3 Å². The maximum atomic E-state index is 12.4. The van der Waals surface area contributed by atoms with Crippen LogP contribution in [0.2, 0.25) is 0 Å². The third kappa shape index (κ3) is 3.54. The fourth-order valence-electron chi connectivity index (χ4n) is 2.99. The number of amides is 2. The van der Waals surface area contributed by atoms with Crippen molar-refractivity contribution in [1.29, 1.82) is 0 Å². The molecule has 0 aromatic carbocycles. The Bertz CT molecular complexity index is 498. The van der Waals surface area contributed by atoms with Crippen LogP contribution in [0.15, 0.2) is 0 Å². The van der Waals surface area contributed by atoms with Gasteiger partial charge in [-0.15, -0.1) is 10.2 Å². The lowest BCUT2D eigenvalue weighted by Crippen LogP contribution is -2.50. The molecule has 3 rings (SSSR count). The van der Waals surface area contributed by atoms with Gasteiger partial charge in [0.25, 0.3) is 0 Å². The van der Waals surface area contributed by atoms with Crippen molar-refractivity contribution in [3.63, 3.8) is 0 Å². The highest BCUT2D eigenvalue weighted by molar-refractivity contribution is 7.11. The number of hydrogen-bond acceptors (Lipinski definition) is 4. The fraction of sp³-hybridized carbons (Fsp3) is 0.800. The molecular weight excluding hydrogens is 284 g/mol. The Morgan fingerprint density at radius 3 is 2.86 bits per heavy atom. The predicted molar refractivity (Wildman–Crippen MR) is 83.3 cm³/mol. The molecule has 2 fully saturated rings. The van der Waals surface area contributed by atoms with E-state index in [2.05, 4.69) is 29.4 Å². The summed E-state index contributed by atoms with van der Waals surface area (Å²) in [6, 6.07) is 0.423. The van der Waals surface area contributed by atoms with Gasteiger partial charge in [-0.25, -0.2) is 4.79 Å². The molecule has 1 unspecified atom stereocenters. The summed E-state index contributed by atoms with van der Waals surface area (Å²) in [4.78, 5) is 14.4. The topological polar surface area (TPSA) is 58.1 Å². The Hall–Kier alpha value is -1.17. The second kappa shape index (κ2) is 6.30. The number of aromatic nitrogens is 2. The third-order valence-corrected chi connectivity index (χ3v) is 5.47. The molecule has 0 spiro atoms. The van der Waals surface area contributed by atoms with Crippen LogP contribution >= 0.6 is 11.3 Å². The predicted octanol–water partition coefficient (Wildman–Crippen LogP) is 3.14. The van der Waals surface area contributed by atoms with Crippen LogP contribution in [0.25, 0.3) is 0 Å². The number of carbonyl (C=O) groups excluding carboxylic acids is 1. The molecule has 2 aliphatic rings. The molecule has 2 heterocycles. The number of rotatable bonds is 4. The lowest BCUT2D eigenvalue weighted by molar-refractivity contribution is 0.127. The minimum atomic E-state index is 0.0524. The minimum absolute atomic E-state index is 0.0524. The summed E-state index contributed by atoms with van der Waals surface area (Å²) < 4.78 is 0. The normalized spacial score (nSPS) is 22.6. The maximum absolute atomic E-state index is 12.4. The van der Waals surface area contributed by atoms with Crippen molar-refractivity contribution in [2.75, 3.05) is 6.54 Å². The van der Waals surface area contributed by atoms with Crippen LogP contribution in [0.1, 0.15) is 61.9 Å². The number of piperidine rings is 1. The van der Waals surface area contributed by atoms with Crippen molar-refractivity contribution in [2.24, 2.45) is 5.92 Å². The molecular formula is C15H24N4OS. The summed E-state index contributed by atoms with van der Waals surface area (Å²) in [6.07, 6.45) is 5.94. The molecule has 0 radical (unpaired) electrons. The van der Waals surface area contributed by atoms with E-state index in [4.69, 9.17) is 0 Å². The third-order valence-electron chi connectivity index (χ3n) is 4.38. The molecule has 1 atom stereocenters. The summed E-state index contributed by atoms with van der Waals surface area (Å²) in [5.41, 5.74) is 0. The number of urea groups is 1. The van der Waals surface area contributed by atoms with Crippen LogP contribution in [0.3, 0.4) is 0 Å². The number of carbonyl (C=O) groups is 1. The van der Waals surface area contributed by atoms with Gasteiger partial charge in [0, 0.05) is 18.5 Å². The molecule has 1 aromatic rings. The van der Waals surface area contributed by atoms with E-state index < -0.39 is 0 Å². The summed E-state index contributed by atoms with van der Waals surface area (Å²) >= 11 is 1.64. The molecule has 5 nitrogen and oxygen atoms in total. The monoisotopic (exact) mass is 308 g/mol. The molecule has 6 heteroatoms. The molecule has 1 N–H and O–H groups in total. The zero-order valence-corrected chi connectivity index (χ0v) is 13.7. The first-order valence-corrected chi connectivity index (χ1v) is 8.83. The van der Waals surface area contributed by atoms with Crippen molar-refractivity contribution >= 4 is 17.4 Å². The van der Waals surface area contributed by atoms with E-state index in [0.29, 0.717) is 24.4 Å². The lowest BCUT2D eigenvalue weighted by atomic mass is 9.93. The van der Waals surface area contributed by atoms with Crippen LogP contribution in [-0.4, -0.2) is 33.7 Å². The number of hydrogen-bond donors (Lipinski definition) is 1. The molecule has 0 bridgehead atoms. The average Bonchev–Trinajstić information content (AvgIpc) is 3.24. The van der Waals surface area contributed by atoms with E-state index in [0.717, 1.165) is 29.4 Å². The summed E-state index contributed by atoms with van der Waals surface area (Å²) in [7, 11) is 0. The van der Waals surface area contributed by atoms with Crippen molar-refractivity contribution in [3.05, 3.63) is 10.0 Å². The number of likely N-dealkylation sites (tertiary alicyclic amines) is 1. The Kier molecular flexibility index (Phi) is 4.42. The highest BCUT2D eigenvalue weighted by Gasteiger charge is 2.29. The maximum Gasteiger partial charge on any atom is 0.318 e. The summed E-state index contributed by atoms with van der Waals surface area (Å²) in [5, 5.41) is 13.5. The van der Waals surface area contributed by atoms with E-state index in [1.54, 1.807) is 11.3 Å². The SMILES string of the molecule is CC(C)C1CCCCN1C(=O)NCc1nnc(C2CC2)s1. The minimum Gasteiger partial charge on any atom is -0.331 e. The second-order valence-corrected chi connectivity index (χ2v) is 7.56. The molecule has 1 aromatic heterocycles. The zero-order chi connectivity index (χ0) is 14.8. The molecule has 2 amide bonds. The van der Waals surface area contributed by atoms with Crippen LogP contribution < -0.4 is 5.32 Å². The first kappa shape index (κ1) is 14.8. The van der Waals surface area contributed by atoms with Gasteiger partial charge < -0.3 is 10.2 Å². The Balaban J connectivity index is 1.54. The van der Waals surface area contributed by atoms with Gasteiger partial charge in [0.05, 0.1) is 6.54 Å². The molecule has 1 aliphatic heterocycles. The number of nitrogens with zero attached hydrogens (tertiary/aromatic N) is 3. The summed E-state index contributed by atoms with van der Waals surface area (Å²) in [5.74, 6) is 1.15. The van der Waals surface area contributed by atoms with Crippen LogP contribution in [0, 0.1) is 5.92 Å². The molecule has 116 valence electrons. The first-order chi connectivity index (χ1) is 10.1. The smallest absolute Gasteiger partial charge is 0.318 e. The van der Waals surface area contributed by atoms with Gasteiger partial charge in [-0.1, -0.05) is 25.2 Å². The second-order valence-electron chi connectivity index (χ2n) is 6.47. The Morgan fingerprint density at radius 2 is 2.14 bits per heavy atom. The lowest BCUT2D eigenvalue weighted by Gasteiger charge is -2.38. The molecule has 1 saturated carbocycles. The van der Waals surface area contributed by atoms with Crippen molar-refractivity contribution in [3.8, 4) is 0 Å². The van der Waals surface area contributed by atoms with Gasteiger partial charge in [0.15, 0.2) is 0 Å². The van der Waals surface area contributed by atoms with Crippen molar-refractivity contribution in [2.45, 2.75) is 64.5 Å². The molecule has 1 aliphatic carbocycles. The largest absolute Gasteiger partial charge is 0.331 e. The summed E-state index contributed by atoms with van der Waals surface area (Å²) in [6.45, 7) is 5.77. The van der Waals surface area contributed by atoms with Crippen molar-refractivity contribution < 1.29 is 4.79 Å². The van der Waals surface area contributed by atoms with E-state index in [9.17, 15) is 4.79 Å². The van der Waals surface area contributed by atoms with Gasteiger partial charge in [-0.05, 0) is 38.0 Å². The Morgan fingerprint density at radius 1 is 1.33 bits per heavy atom. The molecule has 21 heavy (non-hydrogen) atoms. The van der Waals surface area contributed by atoms with Crippen LogP contribution in [-0.2, 0) is 6.54 Å². The average molecular weight is 308 g/mol. The highest BCUT2D eigenvalue weighted by atomic mass is 32.1. The van der Waals surface area contributed by atoms with Gasteiger partial charge in [0.1, 0.15) is 10.0 Å². The number of nitrogens with one attached hydrogen (secondary N) is 1. The van der Waals surface area contributed by atoms with Gasteiger partial charge in [-0.3, -0.25) is 0 Å². The van der Waals surface area contributed by atoms with Crippen molar-refractivity contribution in [1.82, 2.24) is 20.4 Å². The van der Waals surface area contributed by atoms with E-state index >= 15 is 0 Å². The highest BCUT2D eigenvalue weighted by Crippen LogP contribution is 2.41. The first-order valence-electron chi connectivity index (χ1n) is 8.02. The standard InChI is InChI=1S/C15H24N4OS/c1-10(2)12-5-3-4-8-19(12)15(20)16-9-13-17-18-14(21-13)11-6-7-11/h10-12H,3-9H2,1-2H3,(H,16,20). The fourth-order valence-corrected chi connectivity index (χ4v) is 3.94. The van der Waals surface area contributed by atoms with E-state index in [1.807, 2.05) is 4.90 Å².